The molecule has 0 bridgehead atoms. The van der Waals surface area contributed by atoms with E-state index in [0.29, 0.717) is 0 Å². The molecule has 0 spiro atoms. The standard InChI is InChI=1S/C9H16/c1-3-9-6-4-8(2)5-7-9/h4,9H,3,5-7H2,1-2H3/t9-/m1/s1. The van der Waals surface area contributed by atoms with Crippen molar-refractivity contribution in [3.63, 3.8) is 0 Å². The minimum absolute atomic E-state index is 0.994. The van der Waals surface area contributed by atoms with Crippen LogP contribution in [0.3, 0.4) is 0 Å². The zero-order chi connectivity index (χ0) is 6.69. The van der Waals surface area contributed by atoms with E-state index in [1.165, 1.54) is 25.7 Å². The van der Waals surface area contributed by atoms with Gasteiger partial charge in [0.25, 0.3) is 0 Å². The fourth-order valence-electron chi connectivity index (χ4n) is 1.39. The molecule has 52 valence electrons. The van der Waals surface area contributed by atoms with E-state index in [-0.39, 0.29) is 0 Å². The van der Waals surface area contributed by atoms with E-state index in [1.807, 2.05) is 0 Å². The van der Waals surface area contributed by atoms with Crippen molar-refractivity contribution in [1.29, 1.82) is 0 Å². The van der Waals surface area contributed by atoms with Crippen molar-refractivity contribution in [2.24, 2.45) is 5.92 Å². The Morgan fingerprint density at radius 1 is 1.67 bits per heavy atom. The zero-order valence-corrected chi connectivity index (χ0v) is 6.48. The van der Waals surface area contributed by atoms with Gasteiger partial charge in [-0.1, -0.05) is 25.0 Å². The maximum atomic E-state index is 2.40. The second-order valence-electron chi connectivity index (χ2n) is 3.10. The Kier molecular flexibility index (Phi) is 2.32. The molecule has 0 radical (unpaired) electrons. The van der Waals surface area contributed by atoms with Crippen LogP contribution in [0.15, 0.2) is 11.6 Å². The second kappa shape index (κ2) is 3.05. The Balaban J connectivity index is 2.36. The van der Waals surface area contributed by atoms with Gasteiger partial charge in [-0.25, -0.2) is 0 Å². The quantitative estimate of drug-likeness (QED) is 0.471. The first-order valence-corrected chi connectivity index (χ1v) is 3.98. The monoisotopic (exact) mass is 124 g/mol. The Hall–Kier alpha value is -0.260. The highest BCUT2D eigenvalue weighted by molar-refractivity contribution is 5.02. The van der Waals surface area contributed by atoms with E-state index >= 15 is 0 Å². The molecule has 0 aliphatic heterocycles. The summed E-state index contributed by atoms with van der Waals surface area (Å²) in [7, 11) is 0. The molecule has 0 aromatic carbocycles. The van der Waals surface area contributed by atoms with Gasteiger partial charge in [0.1, 0.15) is 0 Å². The van der Waals surface area contributed by atoms with Crippen molar-refractivity contribution < 1.29 is 0 Å². The number of rotatable bonds is 1. The van der Waals surface area contributed by atoms with Gasteiger partial charge in [0.2, 0.25) is 0 Å². The lowest BCUT2D eigenvalue weighted by Crippen LogP contribution is -2.02. The maximum absolute atomic E-state index is 2.40. The first-order chi connectivity index (χ1) is 4.33. The summed E-state index contributed by atoms with van der Waals surface area (Å²) in [6.07, 6.45) is 7.88. The molecule has 0 saturated carbocycles. The zero-order valence-electron chi connectivity index (χ0n) is 6.48. The highest BCUT2D eigenvalue weighted by Crippen LogP contribution is 2.24. The van der Waals surface area contributed by atoms with Gasteiger partial charge < -0.3 is 0 Å². The molecule has 1 rings (SSSR count). The minimum Gasteiger partial charge on any atom is -0.0853 e. The predicted octanol–water partition coefficient (Wildman–Crippen LogP) is 3.14. The van der Waals surface area contributed by atoms with Gasteiger partial charge in [-0.2, -0.15) is 0 Å². The van der Waals surface area contributed by atoms with Gasteiger partial charge in [-0.3, -0.25) is 0 Å². The van der Waals surface area contributed by atoms with Crippen LogP contribution in [-0.4, -0.2) is 0 Å². The SMILES string of the molecule is CC[C@@H]1CC=C(C)CC1. The third kappa shape index (κ3) is 1.85. The lowest BCUT2D eigenvalue weighted by atomic mass is 9.89. The van der Waals surface area contributed by atoms with E-state index in [4.69, 9.17) is 0 Å². The molecule has 0 N–H and O–H groups in total. The van der Waals surface area contributed by atoms with E-state index in [1.54, 1.807) is 5.57 Å². The summed E-state index contributed by atoms with van der Waals surface area (Å²) in [6.45, 7) is 4.53. The van der Waals surface area contributed by atoms with Crippen LogP contribution < -0.4 is 0 Å². The molecule has 1 aliphatic carbocycles. The molecule has 0 nitrogen and oxygen atoms in total. The summed E-state index contributed by atoms with van der Waals surface area (Å²) in [4.78, 5) is 0. The largest absolute Gasteiger partial charge is 0.0853 e. The minimum atomic E-state index is 0.994. The van der Waals surface area contributed by atoms with Crippen LogP contribution in [0.1, 0.15) is 39.5 Å². The van der Waals surface area contributed by atoms with Gasteiger partial charge in [0.15, 0.2) is 0 Å². The number of allylic oxidation sites excluding steroid dienone is 2. The molecule has 0 aromatic rings. The fourth-order valence-corrected chi connectivity index (χ4v) is 1.39. The predicted molar refractivity (Wildman–Crippen MR) is 41.4 cm³/mol. The molecular formula is C9H16. The topological polar surface area (TPSA) is 0 Å². The van der Waals surface area contributed by atoms with E-state index < -0.39 is 0 Å². The molecular weight excluding hydrogens is 108 g/mol. The fraction of sp³-hybridized carbons (Fsp3) is 0.778. The van der Waals surface area contributed by atoms with Crippen molar-refractivity contribution in [2.75, 3.05) is 0 Å². The van der Waals surface area contributed by atoms with Crippen LogP contribution in [0, 0.1) is 5.92 Å². The van der Waals surface area contributed by atoms with Crippen LogP contribution in [-0.2, 0) is 0 Å². The normalized spacial score (nSPS) is 27.8. The Morgan fingerprint density at radius 3 is 2.89 bits per heavy atom. The first-order valence-electron chi connectivity index (χ1n) is 3.98. The Bertz CT molecular complexity index is 111. The van der Waals surface area contributed by atoms with Crippen molar-refractivity contribution in [1.82, 2.24) is 0 Å². The smallest absolute Gasteiger partial charge is 0.0320 e. The molecule has 0 aromatic heterocycles. The van der Waals surface area contributed by atoms with Crippen LogP contribution in [0.25, 0.3) is 0 Å². The van der Waals surface area contributed by atoms with Gasteiger partial charge in [0.05, 0.1) is 0 Å². The summed E-state index contributed by atoms with van der Waals surface area (Å²) < 4.78 is 0. The lowest BCUT2D eigenvalue weighted by Gasteiger charge is -2.17. The summed E-state index contributed by atoms with van der Waals surface area (Å²) in [5.41, 5.74) is 1.60. The van der Waals surface area contributed by atoms with Crippen LogP contribution in [0.5, 0.6) is 0 Å². The van der Waals surface area contributed by atoms with Crippen molar-refractivity contribution in [2.45, 2.75) is 39.5 Å². The van der Waals surface area contributed by atoms with Crippen molar-refractivity contribution in [3.8, 4) is 0 Å². The van der Waals surface area contributed by atoms with E-state index in [9.17, 15) is 0 Å². The third-order valence-corrected chi connectivity index (χ3v) is 2.32. The molecule has 1 atom stereocenters. The highest BCUT2D eigenvalue weighted by atomic mass is 14.1. The molecule has 0 fully saturated rings. The third-order valence-electron chi connectivity index (χ3n) is 2.32. The van der Waals surface area contributed by atoms with Crippen LogP contribution in [0.2, 0.25) is 0 Å². The van der Waals surface area contributed by atoms with Crippen molar-refractivity contribution in [3.05, 3.63) is 11.6 Å². The first kappa shape index (κ1) is 6.85. The molecule has 9 heavy (non-hydrogen) atoms. The molecule has 0 saturated heterocycles. The number of hydrogen-bond donors (Lipinski definition) is 0. The van der Waals surface area contributed by atoms with Crippen LogP contribution in [0.4, 0.5) is 0 Å². The average Bonchev–Trinajstić information content (AvgIpc) is 1.90. The van der Waals surface area contributed by atoms with Gasteiger partial charge in [0, 0.05) is 0 Å². The molecule has 1 aliphatic rings. The molecule has 0 heterocycles. The molecule has 0 unspecified atom stereocenters. The lowest BCUT2D eigenvalue weighted by molar-refractivity contribution is 0.456. The summed E-state index contributed by atoms with van der Waals surface area (Å²) in [6, 6.07) is 0. The highest BCUT2D eigenvalue weighted by Gasteiger charge is 2.08. The van der Waals surface area contributed by atoms with Gasteiger partial charge in [-0.15, -0.1) is 0 Å². The second-order valence-corrected chi connectivity index (χ2v) is 3.10. The Labute approximate surface area is 58.0 Å². The molecule has 0 heteroatoms. The summed E-state index contributed by atoms with van der Waals surface area (Å²) in [5, 5.41) is 0. The Morgan fingerprint density at radius 2 is 2.44 bits per heavy atom. The summed E-state index contributed by atoms with van der Waals surface area (Å²) in [5.74, 6) is 0.994. The van der Waals surface area contributed by atoms with E-state index in [0.717, 1.165) is 5.92 Å². The number of hydrogen-bond acceptors (Lipinski definition) is 0. The average molecular weight is 124 g/mol. The molecule has 0 amide bonds. The van der Waals surface area contributed by atoms with Crippen LogP contribution >= 0.6 is 0 Å². The van der Waals surface area contributed by atoms with Crippen molar-refractivity contribution >= 4 is 0 Å². The van der Waals surface area contributed by atoms with E-state index in [2.05, 4.69) is 19.9 Å². The summed E-state index contributed by atoms with van der Waals surface area (Å²) >= 11 is 0. The maximum Gasteiger partial charge on any atom is -0.0320 e. The van der Waals surface area contributed by atoms with Gasteiger partial charge >= 0.3 is 0 Å². The van der Waals surface area contributed by atoms with Gasteiger partial charge in [-0.05, 0) is 32.1 Å².